The number of rotatable bonds is 5. The van der Waals surface area contributed by atoms with Crippen LogP contribution in [-0.2, 0) is 18.4 Å². The first kappa shape index (κ1) is 18.3. The molecule has 176 valence electrons. The van der Waals surface area contributed by atoms with Crippen molar-refractivity contribution in [1.82, 2.24) is 25.3 Å². The second-order valence-corrected chi connectivity index (χ2v) is 8.24. The summed E-state index contributed by atoms with van der Waals surface area (Å²) >= 11 is 0. The zero-order valence-corrected chi connectivity index (χ0v) is 18.2. The van der Waals surface area contributed by atoms with E-state index in [-0.39, 0.29) is 17.1 Å². The lowest BCUT2D eigenvalue weighted by Crippen LogP contribution is -2.24. The summed E-state index contributed by atoms with van der Waals surface area (Å²) in [5, 5.41) is 16.2. The lowest BCUT2D eigenvalue weighted by atomic mass is 10.0. The predicted molar refractivity (Wildman–Crippen MR) is 121 cm³/mol. The summed E-state index contributed by atoms with van der Waals surface area (Å²) in [6.45, 7) is -2.29. The number of aromatic nitrogens is 4. The number of hydrogen-bond donors (Lipinski definition) is 3. The van der Waals surface area contributed by atoms with Crippen LogP contribution in [0.4, 0.5) is 31.7 Å². The first-order valence-corrected chi connectivity index (χ1v) is 10.4. The minimum absolute atomic E-state index is 0.0741. The van der Waals surface area contributed by atoms with Crippen molar-refractivity contribution in [1.29, 1.82) is 0 Å². The Morgan fingerprint density at radius 3 is 2.76 bits per heavy atom. The molecular formula is C22H22F2N8O2. The number of anilines is 4. The van der Waals surface area contributed by atoms with Crippen LogP contribution in [0.15, 0.2) is 30.5 Å². The SMILES string of the molecule is [2H]C([2H])([2H])NC(=O)c1cnc(NC(=O)[C@@H]2CC2(F)F)cc1Nc1cccc2c1N(C)Cc1nn(C)nc1-2. The molecule has 1 fully saturated rings. The molecule has 1 atom stereocenters. The van der Waals surface area contributed by atoms with Crippen LogP contribution >= 0.6 is 0 Å². The van der Waals surface area contributed by atoms with Crippen LogP contribution in [0.2, 0.25) is 0 Å². The number of halogens is 2. The van der Waals surface area contributed by atoms with Gasteiger partial charge in [0.1, 0.15) is 23.1 Å². The highest BCUT2D eigenvalue weighted by atomic mass is 19.3. The number of carbonyl (C=O) groups excluding carboxylic acids is 2. The Balaban J connectivity index is 1.53. The fourth-order valence-electron chi connectivity index (χ4n) is 4.04. The highest BCUT2D eigenvalue weighted by Crippen LogP contribution is 2.49. The maximum Gasteiger partial charge on any atom is 0.260 e. The molecule has 0 bridgehead atoms. The average Bonchev–Trinajstić information content (AvgIpc) is 3.26. The number of nitrogens with zero attached hydrogens (tertiary/aromatic N) is 5. The largest absolute Gasteiger partial charge is 0.366 e. The molecule has 1 aliphatic heterocycles. The van der Waals surface area contributed by atoms with Gasteiger partial charge in [0, 0.05) is 49.4 Å². The van der Waals surface area contributed by atoms with Crippen LogP contribution in [0.1, 0.15) is 26.6 Å². The van der Waals surface area contributed by atoms with Crippen molar-refractivity contribution in [3.8, 4) is 11.3 Å². The Labute approximate surface area is 197 Å². The third-order valence-electron chi connectivity index (χ3n) is 5.77. The van der Waals surface area contributed by atoms with Crippen LogP contribution in [-0.4, -0.2) is 51.7 Å². The molecule has 34 heavy (non-hydrogen) atoms. The lowest BCUT2D eigenvalue weighted by molar-refractivity contribution is -0.119. The van der Waals surface area contributed by atoms with Crippen molar-refractivity contribution >= 4 is 34.7 Å². The summed E-state index contributed by atoms with van der Waals surface area (Å²) in [5.41, 5.74) is 3.57. The molecule has 0 radical (unpaired) electrons. The van der Waals surface area contributed by atoms with Gasteiger partial charge in [-0.3, -0.25) is 9.59 Å². The average molecular weight is 471 g/mol. The van der Waals surface area contributed by atoms with E-state index in [0.29, 0.717) is 17.9 Å². The maximum atomic E-state index is 13.3. The van der Waals surface area contributed by atoms with E-state index in [1.165, 1.54) is 10.9 Å². The summed E-state index contributed by atoms with van der Waals surface area (Å²) in [7, 11) is 3.58. The zero-order chi connectivity index (χ0) is 26.7. The van der Waals surface area contributed by atoms with Gasteiger partial charge < -0.3 is 20.9 Å². The number of para-hydroxylation sites is 1. The Morgan fingerprint density at radius 2 is 2.03 bits per heavy atom. The molecule has 3 aromatic rings. The number of carbonyl (C=O) groups is 2. The summed E-state index contributed by atoms with van der Waals surface area (Å²) in [4.78, 5) is 32.3. The minimum atomic E-state index is -3.06. The monoisotopic (exact) mass is 471 g/mol. The van der Waals surface area contributed by atoms with E-state index < -0.39 is 37.1 Å². The van der Waals surface area contributed by atoms with Gasteiger partial charge in [-0.25, -0.2) is 13.8 Å². The van der Waals surface area contributed by atoms with E-state index in [1.807, 2.05) is 23.3 Å². The first-order chi connectivity index (χ1) is 17.3. The number of aryl methyl sites for hydroxylation is 1. The minimum Gasteiger partial charge on any atom is -0.366 e. The normalized spacial score (nSPS) is 19.1. The number of amides is 2. The molecule has 2 aliphatic rings. The number of benzene rings is 1. The summed E-state index contributed by atoms with van der Waals surface area (Å²) in [6.07, 6.45) is 0.528. The van der Waals surface area contributed by atoms with Gasteiger partial charge in [0.2, 0.25) is 5.91 Å². The smallest absolute Gasteiger partial charge is 0.260 e. The van der Waals surface area contributed by atoms with Gasteiger partial charge in [-0.15, -0.1) is 0 Å². The number of alkyl halides is 2. The molecule has 3 N–H and O–H groups in total. The van der Waals surface area contributed by atoms with Gasteiger partial charge in [0.15, 0.2) is 0 Å². The Morgan fingerprint density at radius 1 is 1.24 bits per heavy atom. The predicted octanol–water partition coefficient (Wildman–Crippen LogP) is 2.52. The molecule has 1 aromatic carbocycles. The third kappa shape index (κ3) is 3.70. The molecule has 10 nitrogen and oxygen atoms in total. The van der Waals surface area contributed by atoms with Crippen molar-refractivity contribution in [3.63, 3.8) is 0 Å². The molecule has 0 spiro atoms. The third-order valence-corrected chi connectivity index (χ3v) is 5.77. The maximum absolute atomic E-state index is 13.3. The molecule has 3 heterocycles. The molecule has 2 amide bonds. The van der Waals surface area contributed by atoms with Crippen LogP contribution < -0.4 is 20.9 Å². The molecule has 0 unspecified atom stereocenters. The van der Waals surface area contributed by atoms with E-state index in [9.17, 15) is 18.4 Å². The second-order valence-electron chi connectivity index (χ2n) is 8.24. The molecule has 1 saturated carbocycles. The van der Waals surface area contributed by atoms with Gasteiger partial charge in [-0.05, 0) is 6.07 Å². The molecule has 5 rings (SSSR count). The fourth-order valence-corrected chi connectivity index (χ4v) is 4.04. The van der Waals surface area contributed by atoms with Crippen molar-refractivity contribution in [3.05, 3.63) is 41.7 Å². The number of fused-ring (bicyclic) bond motifs is 3. The summed E-state index contributed by atoms with van der Waals surface area (Å²) in [5.74, 6) is -6.40. The molecular weight excluding hydrogens is 446 g/mol. The van der Waals surface area contributed by atoms with Crippen LogP contribution in [0.25, 0.3) is 11.3 Å². The van der Waals surface area contributed by atoms with E-state index in [1.54, 1.807) is 19.2 Å². The van der Waals surface area contributed by atoms with E-state index in [4.69, 9.17) is 4.11 Å². The van der Waals surface area contributed by atoms with E-state index in [0.717, 1.165) is 23.1 Å². The summed E-state index contributed by atoms with van der Waals surface area (Å²) in [6, 6.07) is 6.70. The van der Waals surface area contributed by atoms with Crippen molar-refractivity contribution in [2.45, 2.75) is 18.9 Å². The number of nitrogens with one attached hydrogen (secondary N) is 3. The van der Waals surface area contributed by atoms with Gasteiger partial charge in [0.25, 0.3) is 11.8 Å². The molecule has 0 saturated heterocycles. The summed E-state index contributed by atoms with van der Waals surface area (Å²) < 4.78 is 48.8. The Kier molecular flexibility index (Phi) is 4.18. The molecule has 2 aromatic heterocycles. The lowest BCUT2D eigenvalue weighted by Gasteiger charge is -2.29. The quantitative estimate of drug-likeness (QED) is 0.524. The van der Waals surface area contributed by atoms with Crippen LogP contribution in [0, 0.1) is 5.92 Å². The van der Waals surface area contributed by atoms with Crippen molar-refractivity contribution in [2.75, 3.05) is 29.6 Å². The second kappa shape index (κ2) is 7.75. The van der Waals surface area contributed by atoms with Crippen LogP contribution in [0.3, 0.4) is 0 Å². The highest BCUT2D eigenvalue weighted by molar-refractivity contribution is 6.02. The Bertz CT molecular complexity index is 1430. The van der Waals surface area contributed by atoms with Crippen LogP contribution in [0.5, 0.6) is 0 Å². The first-order valence-electron chi connectivity index (χ1n) is 11.9. The number of pyridine rings is 1. The van der Waals surface area contributed by atoms with Gasteiger partial charge >= 0.3 is 0 Å². The standard InChI is InChI=1S/C22H22F2N8O2/c1-25-20(33)12-9-26-17(28-21(34)13-8-22(13,23)24)7-15(12)27-14-6-4-5-11-18-16(29-32(3)30-18)10-31(2)19(11)14/h4-7,9,13H,8,10H2,1-3H3,(H,25,33)(H2,26,27,28,34)/t13-/m0/s1/i1D3. The van der Waals surface area contributed by atoms with E-state index >= 15 is 0 Å². The zero-order valence-electron chi connectivity index (χ0n) is 21.2. The van der Waals surface area contributed by atoms with Gasteiger partial charge in [-0.1, -0.05) is 12.1 Å². The van der Waals surface area contributed by atoms with Crippen molar-refractivity contribution < 1.29 is 22.5 Å². The van der Waals surface area contributed by atoms with Gasteiger partial charge in [0.05, 0.1) is 29.2 Å². The topological polar surface area (TPSA) is 117 Å². The number of hydrogen-bond acceptors (Lipinski definition) is 7. The fraction of sp³-hybridized carbons (Fsp3) is 0.318. The van der Waals surface area contributed by atoms with Crippen molar-refractivity contribution in [2.24, 2.45) is 13.0 Å². The highest BCUT2D eigenvalue weighted by Gasteiger charge is 2.61. The molecule has 12 heteroatoms. The molecule has 1 aliphatic carbocycles. The Hall–Kier alpha value is -4.09. The van der Waals surface area contributed by atoms with E-state index in [2.05, 4.69) is 25.8 Å². The van der Waals surface area contributed by atoms with Gasteiger partial charge in [-0.2, -0.15) is 15.0 Å².